The molecule has 0 radical (unpaired) electrons. The lowest BCUT2D eigenvalue weighted by atomic mass is 9.77. The van der Waals surface area contributed by atoms with Gasteiger partial charge in [-0.15, -0.1) is 12.4 Å². The molecule has 0 bridgehead atoms. The van der Waals surface area contributed by atoms with E-state index < -0.39 is 0 Å². The summed E-state index contributed by atoms with van der Waals surface area (Å²) in [5.41, 5.74) is 2.06. The molecule has 0 saturated carbocycles. The molecule has 1 aromatic rings. The van der Waals surface area contributed by atoms with Gasteiger partial charge in [-0.1, -0.05) is 0 Å². The molecular formula is C18H27ClN2O3. The smallest absolute Gasteiger partial charge is 0.254 e. The molecule has 1 N–H and O–H groups in total. The lowest BCUT2D eigenvalue weighted by Crippen LogP contribution is -2.44. The Kier molecular flexibility index (Phi) is 5.99. The second-order valence-corrected chi connectivity index (χ2v) is 6.74. The number of carbonyl (C=O) groups excluding carboxylic acids is 1. The molecule has 1 amide bonds. The van der Waals surface area contributed by atoms with Crippen LogP contribution in [0.4, 0.5) is 0 Å². The molecule has 2 heterocycles. The summed E-state index contributed by atoms with van der Waals surface area (Å²) < 4.78 is 10.6. The first-order valence-corrected chi connectivity index (χ1v) is 8.31. The van der Waals surface area contributed by atoms with E-state index in [0.29, 0.717) is 22.5 Å². The van der Waals surface area contributed by atoms with Gasteiger partial charge in [0.25, 0.3) is 5.91 Å². The molecule has 0 unspecified atom stereocenters. The Morgan fingerprint density at radius 3 is 2.29 bits per heavy atom. The number of hydrogen-bond acceptors (Lipinski definition) is 4. The summed E-state index contributed by atoms with van der Waals surface area (Å²) in [7, 11) is 3.21. The first-order chi connectivity index (χ1) is 11.1. The minimum atomic E-state index is 0. The number of halogens is 1. The fourth-order valence-corrected chi connectivity index (χ4v) is 3.79. The van der Waals surface area contributed by atoms with E-state index in [-0.39, 0.29) is 18.3 Å². The summed E-state index contributed by atoms with van der Waals surface area (Å²) in [6.45, 7) is 5.84. The summed E-state index contributed by atoms with van der Waals surface area (Å²) in [4.78, 5) is 14.9. The monoisotopic (exact) mass is 354 g/mol. The van der Waals surface area contributed by atoms with Crippen LogP contribution in [-0.4, -0.2) is 51.2 Å². The number of piperidine rings is 1. The molecule has 2 aliphatic rings. The highest BCUT2D eigenvalue weighted by Gasteiger charge is 2.38. The molecule has 0 aliphatic carbocycles. The summed E-state index contributed by atoms with van der Waals surface area (Å²) in [6.07, 6.45) is 3.43. The van der Waals surface area contributed by atoms with E-state index in [9.17, 15) is 4.79 Å². The number of rotatable bonds is 3. The van der Waals surface area contributed by atoms with Crippen LogP contribution < -0.4 is 14.8 Å². The minimum Gasteiger partial charge on any atom is -0.493 e. The third-order valence-electron chi connectivity index (χ3n) is 5.40. The maximum atomic E-state index is 12.9. The van der Waals surface area contributed by atoms with Crippen LogP contribution in [0.15, 0.2) is 12.1 Å². The number of ether oxygens (including phenoxy) is 2. The van der Waals surface area contributed by atoms with E-state index in [1.54, 1.807) is 20.3 Å². The third kappa shape index (κ3) is 3.47. The van der Waals surface area contributed by atoms with Crippen molar-refractivity contribution in [1.29, 1.82) is 0 Å². The van der Waals surface area contributed by atoms with E-state index in [0.717, 1.165) is 44.6 Å². The molecule has 0 aromatic heterocycles. The SMILES string of the molecule is COc1cc(C)c(C(=O)N2CCC3(CCNC3)CC2)cc1OC.Cl. The third-order valence-corrected chi connectivity index (χ3v) is 5.40. The van der Waals surface area contributed by atoms with Gasteiger partial charge in [-0.05, 0) is 55.8 Å². The fraction of sp³-hybridized carbons (Fsp3) is 0.611. The van der Waals surface area contributed by atoms with Crippen LogP contribution in [0.5, 0.6) is 11.5 Å². The lowest BCUT2D eigenvalue weighted by molar-refractivity contribution is 0.0606. The molecule has 2 fully saturated rings. The lowest BCUT2D eigenvalue weighted by Gasteiger charge is -2.39. The van der Waals surface area contributed by atoms with Gasteiger partial charge in [0.15, 0.2) is 11.5 Å². The predicted octanol–water partition coefficient (Wildman–Crippen LogP) is 2.65. The standard InChI is InChI=1S/C18H26N2O3.ClH/c1-13-10-15(22-2)16(23-3)11-14(13)17(21)20-8-5-18(6-9-20)4-7-19-12-18;/h10-11,19H,4-9,12H2,1-3H3;1H. The number of nitrogens with zero attached hydrogens (tertiary/aromatic N) is 1. The van der Waals surface area contributed by atoms with Gasteiger partial charge in [-0.2, -0.15) is 0 Å². The Labute approximate surface area is 150 Å². The van der Waals surface area contributed by atoms with Crippen LogP contribution in [0.1, 0.15) is 35.2 Å². The zero-order valence-corrected chi connectivity index (χ0v) is 15.5. The number of benzene rings is 1. The first kappa shape index (κ1) is 18.9. The summed E-state index contributed by atoms with van der Waals surface area (Å²) >= 11 is 0. The zero-order chi connectivity index (χ0) is 16.4. The second kappa shape index (κ2) is 7.62. The first-order valence-electron chi connectivity index (χ1n) is 8.31. The molecular weight excluding hydrogens is 328 g/mol. The van der Waals surface area contributed by atoms with E-state index in [1.807, 2.05) is 17.9 Å². The van der Waals surface area contributed by atoms with Gasteiger partial charge in [0.05, 0.1) is 14.2 Å². The van der Waals surface area contributed by atoms with Gasteiger partial charge in [0.2, 0.25) is 0 Å². The Hall–Kier alpha value is -1.46. The van der Waals surface area contributed by atoms with Crippen molar-refractivity contribution < 1.29 is 14.3 Å². The number of nitrogens with one attached hydrogen (secondary N) is 1. The Morgan fingerprint density at radius 2 is 1.75 bits per heavy atom. The van der Waals surface area contributed by atoms with Crippen molar-refractivity contribution in [2.75, 3.05) is 40.4 Å². The number of carbonyl (C=O) groups is 1. The average molecular weight is 355 g/mol. The van der Waals surface area contributed by atoms with Gasteiger partial charge in [0, 0.05) is 25.2 Å². The molecule has 6 heteroatoms. The van der Waals surface area contributed by atoms with Crippen LogP contribution in [0, 0.1) is 12.3 Å². The van der Waals surface area contributed by atoms with Crippen molar-refractivity contribution in [3.8, 4) is 11.5 Å². The van der Waals surface area contributed by atoms with Crippen molar-refractivity contribution in [3.63, 3.8) is 0 Å². The van der Waals surface area contributed by atoms with Crippen LogP contribution in [-0.2, 0) is 0 Å². The molecule has 2 aliphatic heterocycles. The van der Waals surface area contributed by atoms with E-state index >= 15 is 0 Å². The number of aryl methyl sites for hydroxylation is 1. The molecule has 134 valence electrons. The molecule has 24 heavy (non-hydrogen) atoms. The largest absolute Gasteiger partial charge is 0.493 e. The maximum Gasteiger partial charge on any atom is 0.254 e. The van der Waals surface area contributed by atoms with E-state index in [4.69, 9.17) is 9.47 Å². The fourth-order valence-electron chi connectivity index (χ4n) is 3.79. The van der Waals surface area contributed by atoms with Crippen molar-refractivity contribution in [1.82, 2.24) is 10.2 Å². The molecule has 0 atom stereocenters. The highest BCUT2D eigenvalue weighted by Crippen LogP contribution is 2.38. The summed E-state index contributed by atoms with van der Waals surface area (Å²) in [6, 6.07) is 3.68. The van der Waals surface area contributed by atoms with Crippen LogP contribution in [0.25, 0.3) is 0 Å². The van der Waals surface area contributed by atoms with Crippen LogP contribution in [0.3, 0.4) is 0 Å². The van der Waals surface area contributed by atoms with E-state index in [1.165, 1.54) is 6.42 Å². The topological polar surface area (TPSA) is 50.8 Å². The van der Waals surface area contributed by atoms with Crippen LogP contribution >= 0.6 is 12.4 Å². The number of methoxy groups -OCH3 is 2. The molecule has 5 nitrogen and oxygen atoms in total. The molecule has 3 rings (SSSR count). The zero-order valence-electron chi connectivity index (χ0n) is 14.7. The Balaban J connectivity index is 0.00000208. The Morgan fingerprint density at radius 1 is 1.12 bits per heavy atom. The van der Waals surface area contributed by atoms with Gasteiger partial charge >= 0.3 is 0 Å². The Bertz CT molecular complexity index is 590. The number of amides is 1. The van der Waals surface area contributed by atoms with Crippen molar-refractivity contribution in [2.45, 2.75) is 26.2 Å². The average Bonchev–Trinajstić information content (AvgIpc) is 3.02. The number of hydrogen-bond donors (Lipinski definition) is 1. The van der Waals surface area contributed by atoms with Crippen molar-refractivity contribution in [3.05, 3.63) is 23.3 Å². The summed E-state index contributed by atoms with van der Waals surface area (Å²) in [5.74, 6) is 1.37. The van der Waals surface area contributed by atoms with Gasteiger partial charge < -0.3 is 19.7 Å². The highest BCUT2D eigenvalue weighted by molar-refractivity contribution is 5.96. The van der Waals surface area contributed by atoms with Crippen molar-refractivity contribution in [2.24, 2.45) is 5.41 Å². The second-order valence-electron chi connectivity index (χ2n) is 6.74. The summed E-state index contributed by atoms with van der Waals surface area (Å²) in [5, 5.41) is 3.46. The normalized spacial score (nSPS) is 19.0. The highest BCUT2D eigenvalue weighted by atomic mass is 35.5. The number of likely N-dealkylation sites (tertiary alicyclic amines) is 1. The van der Waals surface area contributed by atoms with Gasteiger partial charge in [-0.25, -0.2) is 0 Å². The van der Waals surface area contributed by atoms with Crippen molar-refractivity contribution >= 4 is 18.3 Å². The van der Waals surface area contributed by atoms with Gasteiger partial charge in [0.1, 0.15) is 0 Å². The van der Waals surface area contributed by atoms with Gasteiger partial charge in [-0.3, -0.25) is 4.79 Å². The van der Waals surface area contributed by atoms with Crippen LogP contribution in [0.2, 0.25) is 0 Å². The molecule has 1 aromatic carbocycles. The minimum absolute atomic E-state index is 0. The molecule has 1 spiro atoms. The quantitative estimate of drug-likeness (QED) is 0.906. The maximum absolute atomic E-state index is 12.9. The molecule has 2 saturated heterocycles. The van der Waals surface area contributed by atoms with E-state index in [2.05, 4.69) is 5.32 Å². The predicted molar refractivity (Wildman–Crippen MR) is 96.6 cm³/mol.